The van der Waals surface area contributed by atoms with Crippen molar-refractivity contribution in [1.29, 1.82) is 0 Å². The fourth-order valence-corrected chi connectivity index (χ4v) is 2.35. The molecule has 0 fully saturated rings. The number of aryl methyl sites for hydroxylation is 1. The lowest BCUT2D eigenvalue weighted by Crippen LogP contribution is -2.30. The molecule has 118 valence electrons. The molecule has 2 aromatic rings. The fourth-order valence-electron chi connectivity index (χ4n) is 2.35. The summed E-state index contributed by atoms with van der Waals surface area (Å²) < 4.78 is 7.25. The van der Waals surface area contributed by atoms with Gasteiger partial charge in [0.25, 0.3) is 11.5 Å². The number of benzene rings is 1. The van der Waals surface area contributed by atoms with Crippen LogP contribution in [0.25, 0.3) is 10.9 Å². The van der Waals surface area contributed by atoms with E-state index in [9.17, 15) is 9.59 Å². The van der Waals surface area contributed by atoms with Gasteiger partial charge in [-0.25, -0.2) is 0 Å². The molecule has 0 aliphatic heterocycles. The summed E-state index contributed by atoms with van der Waals surface area (Å²) in [6.07, 6.45) is 1.97. The molecule has 0 bridgehead atoms. The van der Waals surface area contributed by atoms with Crippen molar-refractivity contribution in [1.82, 2.24) is 9.88 Å². The number of nitrogens with zero attached hydrogens (tertiary/aromatic N) is 1. The molecule has 22 heavy (non-hydrogen) atoms. The highest BCUT2D eigenvalue weighted by Gasteiger charge is 2.10. The van der Waals surface area contributed by atoms with Gasteiger partial charge >= 0.3 is 0 Å². The third-order valence-corrected chi connectivity index (χ3v) is 3.51. The molecule has 0 aliphatic rings. The van der Waals surface area contributed by atoms with Gasteiger partial charge in [0, 0.05) is 24.5 Å². The SMILES string of the molecule is CCCCNC(=O)COc1cc(=O)n(CC)c2ccccc12. The minimum absolute atomic E-state index is 0.0801. The number of ether oxygens (including phenoxy) is 1. The van der Waals surface area contributed by atoms with Crippen LogP contribution in [0.15, 0.2) is 35.1 Å². The monoisotopic (exact) mass is 302 g/mol. The van der Waals surface area contributed by atoms with Gasteiger partial charge in [0.2, 0.25) is 0 Å². The average Bonchev–Trinajstić information content (AvgIpc) is 2.53. The van der Waals surface area contributed by atoms with Crippen molar-refractivity contribution in [3.05, 3.63) is 40.7 Å². The number of hydrogen-bond acceptors (Lipinski definition) is 3. The Morgan fingerprint density at radius 2 is 2.05 bits per heavy atom. The lowest BCUT2D eigenvalue weighted by atomic mass is 10.2. The van der Waals surface area contributed by atoms with E-state index in [1.54, 1.807) is 4.57 Å². The largest absolute Gasteiger partial charge is 0.483 e. The molecular formula is C17H22N2O3. The molecule has 1 aromatic heterocycles. The first-order valence-corrected chi connectivity index (χ1v) is 7.69. The standard InChI is InChI=1S/C17H22N2O3/c1-3-5-10-18-16(20)12-22-15-11-17(21)19(4-2)14-9-7-6-8-13(14)15/h6-9,11H,3-5,10,12H2,1-2H3,(H,18,20). The summed E-state index contributed by atoms with van der Waals surface area (Å²) in [5.41, 5.74) is 0.696. The minimum Gasteiger partial charge on any atom is -0.483 e. The second kappa shape index (κ2) is 7.64. The first kappa shape index (κ1) is 16.1. The molecule has 5 heteroatoms. The molecule has 1 N–H and O–H groups in total. The second-order valence-corrected chi connectivity index (χ2v) is 5.10. The lowest BCUT2D eigenvalue weighted by molar-refractivity contribution is -0.123. The van der Waals surface area contributed by atoms with Crippen LogP contribution in [0.2, 0.25) is 0 Å². The number of rotatable bonds is 7. The van der Waals surface area contributed by atoms with Gasteiger partial charge in [0.05, 0.1) is 5.52 Å². The van der Waals surface area contributed by atoms with Crippen molar-refractivity contribution in [3.63, 3.8) is 0 Å². The highest BCUT2D eigenvalue weighted by atomic mass is 16.5. The highest BCUT2D eigenvalue weighted by Crippen LogP contribution is 2.23. The Hall–Kier alpha value is -2.30. The maximum Gasteiger partial charge on any atom is 0.257 e. The van der Waals surface area contributed by atoms with Gasteiger partial charge in [-0.1, -0.05) is 25.5 Å². The van der Waals surface area contributed by atoms with Crippen molar-refractivity contribution in [2.24, 2.45) is 0 Å². The molecule has 1 aromatic carbocycles. The van der Waals surface area contributed by atoms with E-state index in [-0.39, 0.29) is 18.1 Å². The Morgan fingerprint density at radius 1 is 1.27 bits per heavy atom. The quantitative estimate of drug-likeness (QED) is 0.798. The number of amides is 1. The summed E-state index contributed by atoms with van der Waals surface area (Å²) >= 11 is 0. The number of pyridine rings is 1. The number of carbonyl (C=O) groups excluding carboxylic acids is 1. The average molecular weight is 302 g/mol. The van der Waals surface area contributed by atoms with Crippen LogP contribution < -0.4 is 15.6 Å². The van der Waals surface area contributed by atoms with E-state index in [1.807, 2.05) is 31.2 Å². The summed E-state index contributed by atoms with van der Waals surface area (Å²) in [6.45, 7) is 5.16. The van der Waals surface area contributed by atoms with Crippen molar-refractivity contribution in [2.45, 2.75) is 33.2 Å². The topological polar surface area (TPSA) is 60.3 Å². The van der Waals surface area contributed by atoms with Gasteiger partial charge in [-0.2, -0.15) is 0 Å². The van der Waals surface area contributed by atoms with E-state index in [2.05, 4.69) is 12.2 Å². The molecule has 0 atom stereocenters. The maximum absolute atomic E-state index is 12.1. The van der Waals surface area contributed by atoms with Crippen molar-refractivity contribution >= 4 is 16.8 Å². The zero-order valence-corrected chi connectivity index (χ0v) is 13.1. The molecule has 0 aliphatic carbocycles. The third-order valence-electron chi connectivity index (χ3n) is 3.51. The van der Waals surface area contributed by atoms with E-state index in [1.165, 1.54) is 6.07 Å². The predicted octanol–water partition coefficient (Wildman–Crippen LogP) is 2.32. The van der Waals surface area contributed by atoms with Crippen LogP contribution >= 0.6 is 0 Å². The number of fused-ring (bicyclic) bond motifs is 1. The first-order valence-electron chi connectivity index (χ1n) is 7.69. The van der Waals surface area contributed by atoms with E-state index in [0.29, 0.717) is 18.8 Å². The zero-order chi connectivity index (χ0) is 15.9. The van der Waals surface area contributed by atoms with E-state index in [4.69, 9.17) is 4.74 Å². The summed E-state index contributed by atoms with van der Waals surface area (Å²) in [5, 5.41) is 3.63. The smallest absolute Gasteiger partial charge is 0.257 e. The van der Waals surface area contributed by atoms with E-state index in [0.717, 1.165) is 23.7 Å². The summed E-state index contributed by atoms with van der Waals surface area (Å²) in [4.78, 5) is 23.8. The minimum atomic E-state index is -0.169. The van der Waals surface area contributed by atoms with Crippen LogP contribution in [0.3, 0.4) is 0 Å². The van der Waals surface area contributed by atoms with Crippen LogP contribution in [0.1, 0.15) is 26.7 Å². The Kier molecular flexibility index (Phi) is 5.58. The third kappa shape index (κ3) is 3.67. The predicted molar refractivity (Wildman–Crippen MR) is 87.3 cm³/mol. The van der Waals surface area contributed by atoms with E-state index < -0.39 is 0 Å². The normalized spacial score (nSPS) is 10.6. The summed E-state index contributed by atoms with van der Waals surface area (Å²) in [5.74, 6) is 0.285. The molecule has 1 amide bonds. The molecule has 0 saturated heterocycles. The van der Waals surface area contributed by atoms with Crippen molar-refractivity contribution < 1.29 is 9.53 Å². The van der Waals surface area contributed by atoms with Crippen LogP contribution in [0, 0.1) is 0 Å². The van der Waals surface area contributed by atoms with Gasteiger partial charge in [0.15, 0.2) is 6.61 Å². The summed E-state index contributed by atoms with van der Waals surface area (Å²) in [7, 11) is 0. The maximum atomic E-state index is 12.1. The van der Waals surface area contributed by atoms with Gasteiger partial charge in [-0.05, 0) is 25.5 Å². The number of nitrogens with one attached hydrogen (secondary N) is 1. The van der Waals surface area contributed by atoms with Gasteiger partial charge in [0.1, 0.15) is 5.75 Å². The molecule has 0 radical (unpaired) electrons. The Bertz CT molecular complexity index is 707. The van der Waals surface area contributed by atoms with Gasteiger partial charge < -0.3 is 14.6 Å². The number of hydrogen-bond donors (Lipinski definition) is 1. The number of aromatic nitrogens is 1. The fraction of sp³-hybridized carbons (Fsp3) is 0.412. The van der Waals surface area contributed by atoms with Crippen LogP contribution in [-0.2, 0) is 11.3 Å². The second-order valence-electron chi connectivity index (χ2n) is 5.10. The van der Waals surface area contributed by atoms with Crippen LogP contribution in [-0.4, -0.2) is 23.6 Å². The van der Waals surface area contributed by atoms with Crippen LogP contribution in [0.4, 0.5) is 0 Å². The van der Waals surface area contributed by atoms with Crippen LogP contribution in [0.5, 0.6) is 5.75 Å². The van der Waals surface area contributed by atoms with Crippen molar-refractivity contribution in [3.8, 4) is 5.75 Å². The molecular weight excluding hydrogens is 280 g/mol. The molecule has 1 heterocycles. The van der Waals surface area contributed by atoms with Gasteiger partial charge in [-0.3, -0.25) is 9.59 Å². The molecule has 0 unspecified atom stereocenters. The molecule has 0 saturated carbocycles. The first-order chi connectivity index (χ1) is 10.7. The highest BCUT2D eigenvalue weighted by molar-refractivity contribution is 5.86. The Morgan fingerprint density at radius 3 is 2.77 bits per heavy atom. The molecule has 5 nitrogen and oxygen atoms in total. The van der Waals surface area contributed by atoms with Gasteiger partial charge in [-0.15, -0.1) is 0 Å². The Labute approximate surface area is 129 Å². The van der Waals surface area contributed by atoms with E-state index >= 15 is 0 Å². The number of para-hydroxylation sites is 1. The number of unbranched alkanes of at least 4 members (excludes halogenated alkanes) is 1. The Balaban J connectivity index is 2.18. The lowest BCUT2D eigenvalue weighted by Gasteiger charge is -2.13. The summed E-state index contributed by atoms with van der Waals surface area (Å²) in [6, 6.07) is 9.00. The van der Waals surface area contributed by atoms with Crippen molar-refractivity contribution in [2.75, 3.05) is 13.2 Å². The molecule has 2 rings (SSSR count). The molecule has 0 spiro atoms. The number of carbonyl (C=O) groups is 1. The zero-order valence-electron chi connectivity index (χ0n) is 13.1.